The van der Waals surface area contributed by atoms with E-state index < -0.39 is 5.54 Å². The van der Waals surface area contributed by atoms with Gasteiger partial charge in [-0.05, 0) is 45.1 Å². The first-order valence-corrected chi connectivity index (χ1v) is 8.16. The molecule has 1 atom stereocenters. The smallest absolute Gasteiger partial charge is 0.237 e. The van der Waals surface area contributed by atoms with E-state index in [4.69, 9.17) is 10.5 Å². The van der Waals surface area contributed by atoms with Crippen LogP contribution >= 0.6 is 0 Å². The van der Waals surface area contributed by atoms with Crippen LogP contribution in [-0.4, -0.2) is 55.7 Å². The fraction of sp³-hybridized carbons (Fsp3) is 0.938. The van der Waals surface area contributed by atoms with Gasteiger partial charge in [0.1, 0.15) is 0 Å². The van der Waals surface area contributed by atoms with Crippen molar-refractivity contribution < 1.29 is 9.53 Å². The summed E-state index contributed by atoms with van der Waals surface area (Å²) < 4.78 is 5.17. The monoisotopic (exact) mass is 299 g/mol. The van der Waals surface area contributed by atoms with Crippen LogP contribution in [0, 0.1) is 5.92 Å². The molecular formula is C16H33N3O2. The Morgan fingerprint density at radius 1 is 1.43 bits per heavy atom. The van der Waals surface area contributed by atoms with E-state index in [0.29, 0.717) is 12.0 Å². The minimum atomic E-state index is -0.564. The summed E-state index contributed by atoms with van der Waals surface area (Å²) in [4.78, 5) is 14.1. The lowest BCUT2D eigenvalue weighted by Gasteiger charge is -2.30. The van der Waals surface area contributed by atoms with Gasteiger partial charge in [-0.3, -0.25) is 4.79 Å². The molecule has 1 amide bonds. The molecule has 0 spiro atoms. The number of methoxy groups -OCH3 is 1. The standard InChI is InChI=1S/C16H33N3O2/c1-13(2)12-19(10-11-21-4)9-5-8-16(3,15(17)20)18-14-6-7-14/h13-14,18H,5-12H2,1-4H3,(H2,17,20). The summed E-state index contributed by atoms with van der Waals surface area (Å²) in [6.07, 6.45) is 4.09. The second kappa shape index (κ2) is 8.71. The predicted octanol–water partition coefficient (Wildman–Crippen LogP) is 1.37. The Kier molecular flexibility index (Phi) is 7.63. The Morgan fingerprint density at radius 2 is 2.10 bits per heavy atom. The van der Waals surface area contributed by atoms with Crippen LogP contribution in [0.4, 0.5) is 0 Å². The summed E-state index contributed by atoms with van der Waals surface area (Å²) in [5, 5.41) is 3.41. The lowest BCUT2D eigenvalue weighted by molar-refractivity contribution is -0.124. The van der Waals surface area contributed by atoms with Gasteiger partial charge < -0.3 is 20.7 Å². The average molecular weight is 299 g/mol. The molecule has 0 aromatic rings. The summed E-state index contributed by atoms with van der Waals surface area (Å²) in [5.41, 5.74) is 5.03. The number of carbonyl (C=O) groups is 1. The summed E-state index contributed by atoms with van der Waals surface area (Å²) in [5.74, 6) is 0.399. The number of amides is 1. The third-order valence-electron chi connectivity index (χ3n) is 4.03. The fourth-order valence-electron chi connectivity index (χ4n) is 2.63. The summed E-state index contributed by atoms with van der Waals surface area (Å²) in [7, 11) is 1.73. The largest absolute Gasteiger partial charge is 0.383 e. The Hall–Kier alpha value is -0.650. The van der Waals surface area contributed by atoms with Gasteiger partial charge in [0.15, 0.2) is 0 Å². The molecule has 1 unspecified atom stereocenters. The van der Waals surface area contributed by atoms with E-state index in [-0.39, 0.29) is 5.91 Å². The summed E-state index contributed by atoms with van der Waals surface area (Å²) in [6, 6.07) is 0.489. The average Bonchev–Trinajstić information content (AvgIpc) is 3.18. The number of rotatable bonds is 12. The van der Waals surface area contributed by atoms with Crippen LogP contribution in [-0.2, 0) is 9.53 Å². The van der Waals surface area contributed by atoms with Crippen molar-refractivity contribution in [2.24, 2.45) is 11.7 Å². The zero-order valence-electron chi connectivity index (χ0n) is 14.2. The van der Waals surface area contributed by atoms with Crippen molar-refractivity contribution in [2.75, 3.05) is 33.4 Å². The molecule has 21 heavy (non-hydrogen) atoms. The topological polar surface area (TPSA) is 67.6 Å². The third kappa shape index (κ3) is 7.25. The molecule has 0 heterocycles. The molecule has 1 aliphatic carbocycles. The molecule has 1 rings (SSSR count). The number of nitrogens with two attached hydrogens (primary N) is 1. The number of carbonyl (C=O) groups excluding carboxylic acids is 1. The number of primary amides is 1. The SMILES string of the molecule is COCCN(CCCC(C)(NC1CC1)C(N)=O)CC(C)C. The van der Waals surface area contributed by atoms with Crippen molar-refractivity contribution in [3.63, 3.8) is 0 Å². The fourth-order valence-corrected chi connectivity index (χ4v) is 2.63. The lowest BCUT2D eigenvalue weighted by Crippen LogP contribution is -2.54. The minimum absolute atomic E-state index is 0.235. The quantitative estimate of drug-likeness (QED) is 0.571. The van der Waals surface area contributed by atoms with E-state index in [1.54, 1.807) is 7.11 Å². The molecule has 0 aliphatic heterocycles. The van der Waals surface area contributed by atoms with Crippen LogP contribution in [0.5, 0.6) is 0 Å². The van der Waals surface area contributed by atoms with Crippen molar-refractivity contribution in [2.45, 2.75) is 58.0 Å². The van der Waals surface area contributed by atoms with Crippen molar-refractivity contribution in [3.05, 3.63) is 0 Å². The van der Waals surface area contributed by atoms with E-state index in [9.17, 15) is 4.79 Å². The second-order valence-corrected chi connectivity index (χ2v) is 6.91. The first kappa shape index (κ1) is 18.4. The van der Waals surface area contributed by atoms with Crippen LogP contribution in [0.2, 0.25) is 0 Å². The van der Waals surface area contributed by atoms with Crippen LogP contribution < -0.4 is 11.1 Å². The van der Waals surface area contributed by atoms with Crippen molar-refractivity contribution in [3.8, 4) is 0 Å². The number of hydrogen-bond acceptors (Lipinski definition) is 4. The molecule has 5 nitrogen and oxygen atoms in total. The molecule has 0 aromatic heterocycles. The third-order valence-corrected chi connectivity index (χ3v) is 4.03. The van der Waals surface area contributed by atoms with E-state index >= 15 is 0 Å². The molecular weight excluding hydrogens is 266 g/mol. The van der Waals surface area contributed by atoms with E-state index in [0.717, 1.165) is 51.9 Å². The Bertz CT molecular complexity index is 319. The molecule has 0 radical (unpaired) electrons. The van der Waals surface area contributed by atoms with Gasteiger partial charge in [-0.2, -0.15) is 0 Å². The molecule has 3 N–H and O–H groups in total. The maximum absolute atomic E-state index is 11.7. The van der Waals surface area contributed by atoms with Gasteiger partial charge in [0, 0.05) is 26.2 Å². The van der Waals surface area contributed by atoms with Crippen LogP contribution in [0.15, 0.2) is 0 Å². The first-order chi connectivity index (χ1) is 9.87. The maximum atomic E-state index is 11.7. The van der Waals surface area contributed by atoms with Gasteiger partial charge in [-0.15, -0.1) is 0 Å². The van der Waals surface area contributed by atoms with E-state index in [2.05, 4.69) is 24.1 Å². The Labute approximate surface area is 129 Å². The molecule has 5 heteroatoms. The van der Waals surface area contributed by atoms with Crippen LogP contribution in [0.25, 0.3) is 0 Å². The van der Waals surface area contributed by atoms with Crippen molar-refractivity contribution in [1.82, 2.24) is 10.2 Å². The molecule has 124 valence electrons. The molecule has 1 saturated carbocycles. The summed E-state index contributed by atoms with van der Waals surface area (Å²) in [6.45, 7) is 10.1. The van der Waals surface area contributed by atoms with Gasteiger partial charge in [0.25, 0.3) is 0 Å². The molecule has 0 aromatic carbocycles. The Balaban J connectivity index is 2.39. The molecule has 1 fully saturated rings. The second-order valence-electron chi connectivity index (χ2n) is 6.91. The van der Waals surface area contributed by atoms with Crippen molar-refractivity contribution >= 4 is 5.91 Å². The van der Waals surface area contributed by atoms with Crippen LogP contribution in [0.1, 0.15) is 46.5 Å². The molecule has 0 bridgehead atoms. The number of ether oxygens (including phenoxy) is 1. The summed E-state index contributed by atoms with van der Waals surface area (Å²) >= 11 is 0. The van der Waals surface area contributed by atoms with E-state index in [1.165, 1.54) is 0 Å². The van der Waals surface area contributed by atoms with Gasteiger partial charge >= 0.3 is 0 Å². The van der Waals surface area contributed by atoms with E-state index in [1.807, 2.05) is 6.92 Å². The lowest BCUT2D eigenvalue weighted by atomic mass is 9.94. The zero-order valence-corrected chi connectivity index (χ0v) is 14.2. The number of nitrogens with one attached hydrogen (secondary N) is 1. The van der Waals surface area contributed by atoms with Gasteiger partial charge in [-0.25, -0.2) is 0 Å². The molecule has 0 saturated heterocycles. The van der Waals surface area contributed by atoms with Gasteiger partial charge in [0.2, 0.25) is 5.91 Å². The minimum Gasteiger partial charge on any atom is -0.383 e. The van der Waals surface area contributed by atoms with Crippen molar-refractivity contribution in [1.29, 1.82) is 0 Å². The Morgan fingerprint density at radius 3 is 2.57 bits per heavy atom. The highest BCUT2D eigenvalue weighted by Gasteiger charge is 2.36. The maximum Gasteiger partial charge on any atom is 0.237 e. The van der Waals surface area contributed by atoms with Gasteiger partial charge in [0.05, 0.1) is 12.1 Å². The highest BCUT2D eigenvalue weighted by atomic mass is 16.5. The normalized spacial score (nSPS) is 18.2. The zero-order chi connectivity index (χ0) is 15.9. The molecule has 1 aliphatic rings. The predicted molar refractivity (Wildman–Crippen MR) is 86.1 cm³/mol. The first-order valence-electron chi connectivity index (χ1n) is 8.16. The van der Waals surface area contributed by atoms with Crippen LogP contribution in [0.3, 0.4) is 0 Å². The number of nitrogens with zero attached hydrogens (tertiary/aromatic N) is 1. The number of hydrogen-bond donors (Lipinski definition) is 2. The highest BCUT2D eigenvalue weighted by Crippen LogP contribution is 2.24. The van der Waals surface area contributed by atoms with Gasteiger partial charge in [-0.1, -0.05) is 13.8 Å². The highest BCUT2D eigenvalue weighted by molar-refractivity contribution is 5.84.